The third kappa shape index (κ3) is 3.19. The quantitative estimate of drug-likeness (QED) is 0.885. The Kier molecular flexibility index (Phi) is 4.41. The Morgan fingerprint density at radius 3 is 2.57 bits per heavy atom. The Hall–Kier alpha value is -1.59. The summed E-state index contributed by atoms with van der Waals surface area (Å²) in [6.45, 7) is 4.53. The minimum Gasteiger partial charge on any atom is -0.497 e. The first-order chi connectivity index (χ1) is 10.3. The van der Waals surface area contributed by atoms with Gasteiger partial charge in [-0.2, -0.15) is 0 Å². The smallest absolute Gasteiger partial charge is 0.238 e. The van der Waals surface area contributed by atoms with Crippen LogP contribution in [0.1, 0.15) is 24.6 Å². The molecular formula is C16H23N3O2. The number of ether oxygens (including phenoxy) is 1. The molecule has 3 rings (SSSR count). The molecule has 0 radical (unpaired) electrons. The summed E-state index contributed by atoms with van der Waals surface area (Å²) in [5.74, 6) is 1.03. The van der Waals surface area contributed by atoms with Crippen LogP contribution in [0.15, 0.2) is 24.3 Å². The maximum absolute atomic E-state index is 12.1. The molecule has 2 aliphatic heterocycles. The van der Waals surface area contributed by atoms with Crippen molar-refractivity contribution in [3.8, 4) is 5.75 Å². The summed E-state index contributed by atoms with van der Waals surface area (Å²) in [7, 11) is 1.66. The molecule has 114 valence electrons. The van der Waals surface area contributed by atoms with Crippen molar-refractivity contribution in [3.63, 3.8) is 0 Å². The van der Waals surface area contributed by atoms with Gasteiger partial charge in [0.1, 0.15) is 11.9 Å². The second kappa shape index (κ2) is 6.45. The normalized spacial score (nSPS) is 23.0. The van der Waals surface area contributed by atoms with E-state index in [1.54, 1.807) is 7.11 Å². The van der Waals surface area contributed by atoms with Gasteiger partial charge in [0.05, 0.1) is 13.7 Å². The highest BCUT2D eigenvalue weighted by Gasteiger charge is 2.31. The predicted molar refractivity (Wildman–Crippen MR) is 81.1 cm³/mol. The highest BCUT2D eigenvalue weighted by atomic mass is 16.5. The van der Waals surface area contributed by atoms with E-state index in [1.807, 2.05) is 29.2 Å². The summed E-state index contributed by atoms with van der Waals surface area (Å²) in [4.78, 5) is 16.5. The molecule has 2 heterocycles. The van der Waals surface area contributed by atoms with Crippen molar-refractivity contribution in [3.05, 3.63) is 29.8 Å². The fourth-order valence-electron chi connectivity index (χ4n) is 3.13. The summed E-state index contributed by atoms with van der Waals surface area (Å²) in [6, 6.07) is 7.94. The second-order valence-corrected chi connectivity index (χ2v) is 5.69. The predicted octanol–water partition coefficient (Wildman–Crippen LogP) is 1.22. The lowest BCUT2D eigenvalue weighted by Crippen LogP contribution is -2.37. The Bertz CT molecular complexity index is 483. The van der Waals surface area contributed by atoms with Gasteiger partial charge in [0, 0.05) is 13.1 Å². The fourth-order valence-corrected chi connectivity index (χ4v) is 3.13. The number of nitrogens with zero attached hydrogens (tertiary/aromatic N) is 2. The van der Waals surface area contributed by atoms with E-state index < -0.39 is 0 Å². The van der Waals surface area contributed by atoms with Crippen LogP contribution in [0.4, 0.5) is 0 Å². The average molecular weight is 289 g/mol. The van der Waals surface area contributed by atoms with E-state index in [2.05, 4.69) is 10.2 Å². The maximum Gasteiger partial charge on any atom is 0.238 e. The van der Waals surface area contributed by atoms with Crippen molar-refractivity contribution >= 4 is 5.91 Å². The standard InChI is InChI=1S/C16H23N3O2/c1-21-14-6-4-13(5-7-14)16-17-12-15(20)19(16)11-10-18-8-2-3-9-18/h4-7,16-17H,2-3,8-12H2,1H3. The average Bonchev–Trinajstić information content (AvgIpc) is 3.15. The molecule has 1 unspecified atom stereocenters. The molecule has 5 heteroatoms. The van der Waals surface area contributed by atoms with E-state index in [0.29, 0.717) is 6.54 Å². The molecule has 0 aliphatic carbocycles. The third-order valence-electron chi connectivity index (χ3n) is 4.37. The Balaban J connectivity index is 1.65. The van der Waals surface area contributed by atoms with Crippen LogP contribution >= 0.6 is 0 Å². The van der Waals surface area contributed by atoms with Gasteiger partial charge in [-0.15, -0.1) is 0 Å². The molecule has 0 bridgehead atoms. The van der Waals surface area contributed by atoms with Gasteiger partial charge in [0.15, 0.2) is 0 Å². The largest absolute Gasteiger partial charge is 0.497 e. The number of methoxy groups -OCH3 is 1. The van der Waals surface area contributed by atoms with Crippen molar-refractivity contribution in [2.24, 2.45) is 0 Å². The Labute approximate surface area is 125 Å². The molecule has 1 amide bonds. The lowest BCUT2D eigenvalue weighted by atomic mass is 10.1. The minimum atomic E-state index is -0.00832. The second-order valence-electron chi connectivity index (χ2n) is 5.69. The van der Waals surface area contributed by atoms with Crippen LogP contribution in [0.3, 0.4) is 0 Å². The number of nitrogens with one attached hydrogen (secondary N) is 1. The number of likely N-dealkylation sites (tertiary alicyclic amines) is 1. The molecule has 21 heavy (non-hydrogen) atoms. The third-order valence-corrected chi connectivity index (χ3v) is 4.37. The number of carbonyl (C=O) groups is 1. The van der Waals surface area contributed by atoms with Crippen LogP contribution in [0, 0.1) is 0 Å². The molecular weight excluding hydrogens is 266 g/mol. The van der Waals surface area contributed by atoms with Crippen molar-refractivity contribution < 1.29 is 9.53 Å². The van der Waals surface area contributed by atoms with Gasteiger partial charge in [-0.3, -0.25) is 10.1 Å². The molecule has 1 aromatic carbocycles. The Morgan fingerprint density at radius 1 is 1.19 bits per heavy atom. The first kappa shape index (κ1) is 14.4. The van der Waals surface area contributed by atoms with Gasteiger partial charge in [-0.25, -0.2) is 0 Å². The monoisotopic (exact) mass is 289 g/mol. The van der Waals surface area contributed by atoms with Crippen LogP contribution in [0.2, 0.25) is 0 Å². The highest BCUT2D eigenvalue weighted by molar-refractivity contribution is 5.81. The molecule has 2 saturated heterocycles. The molecule has 0 spiro atoms. The lowest BCUT2D eigenvalue weighted by molar-refractivity contribution is -0.128. The fraction of sp³-hybridized carbons (Fsp3) is 0.562. The number of amides is 1. The van der Waals surface area contributed by atoms with Crippen molar-refractivity contribution in [1.82, 2.24) is 15.1 Å². The van der Waals surface area contributed by atoms with E-state index in [1.165, 1.54) is 25.9 Å². The molecule has 0 saturated carbocycles. The van der Waals surface area contributed by atoms with Gasteiger partial charge < -0.3 is 14.5 Å². The molecule has 2 aliphatic rings. The van der Waals surface area contributed by atoms with E-state index in [-0.39, 0.29) is 12.1 Å². The Morgan fingerprint density at radius 2 is 1.90 bits per heavy atom. The van der Waals surface area contributed by atoms with Crippen LogP contribution in [0.5, 0.6) is 5.75 Å². The molecule has 5 nitrogen and oxygen atoms in total. The van der Waals surface area contributed by atoms with Gasteiger partial charge in [0.25, 0.3) is 0 Å². The van der Waals surface area contributed by atoms with Crippen LogP contribution in [-0.2, 0) is 4.79 Å². The van der Waals surface area contributed by atoms with E-state index in [4.69, 9.17) is 4.74 Å². The molecule has 1 N–H and O–H groups in total. The minimum absolute atomic E-state index is 0.00832. The van der Waals surface area contributed by atoms with Crippen LogP contribution in [-0.4, -0.2) is 55.5 Å². The number of benzene rings is 1. The summed E-state index contributed by atoms with van der Waals surface area (Å²) < 4.78 is 5.19. The van der Waals surface area contributed by atoms with E-state index in [0.717, 1.165) is 24.4 Å². The van der Waals surface area contributed by atoms with Crippen molar-refractivity contribution in [2.75, 3.05) is 39.8 Å². The van der Waals surface area contributed by atoms with Gasteiger partial charge in [-0.05, 0) is 43.6 Å². The summed E-state index contributed by atoms with van der Waals surface area (Å²) in [5, 5.41) is 3.30. The molecule has 1 aromatic rings. The SMILES string of the molecule is COc1ccc(C2NCC(=O)N2CCN2CCCC2)cc1. The summed E-state index contributed by atoms with van der Waals surface area (Å²) in [5.41, 5.74) is 1.11. The molecule has 2 fully saturated rings. The zero-order valence-corrected chi connectivity index (χ0v) is 12.5. The summed E-state index contributed by atoms with van der Waals surface area (Å²) >= 11 is 0. The van der Waals surface area contributed by atoms with Crippen molar-refractivity contribution in [2.45, 2.75) is 19.0 Å². The first-order valence-electron chi connectivity index (χ1n) is 7.67. The van der Waals surface area contributed by atoms with Gasteiger partial charge >= 0.3 is 0 Å². The van der Waals surface area contributed by atoms with Crippen LogP contribution < -0.4 is 10.1 Å². The number of rotatable bonds is 5. The van der Waals surface area contributed by atoms with Crippen molar-refractivity contribution in [1.29, 1.82) is 0 Å². The van der Waals surface area contributed by atoms with Crippen LogP contribution in [0.25, 0.3) is 0 Å². The maximum atomic E-state index is 12.1. The molecule has 0 aromatic heterocycles. The lowest BCUT2D eigenvalue weighted by Gasteiger charge is -2.27. The van der Waals surface area contributed by atoms with E-state index >= 15 is 0 Å². The topological polar surface area (TPSA) is 44.8 Å². The van der Waals surface area contributed by atoms with Gasteiger partial charge in [0.2, 0.25) is 5.91 Å². The summed E-state index contributed by atoms with van der Waals surface area (Å²) in [6.07, 6.45) is 2.56. The number of carbonyl (C=O) groups excluding carboxylic acids is 1. The molecule has 1 atom stereocenters. The zero-order chi connectivity index (χ0) is 14.7. The number of hydrogen-bond donors (Lipinski definition) is 1. The highest BCUT2D eigenvalue weighted by Crippen LogP contribution is 2.24. The van der Waals surface area contributed by atoms with E-state index in [9.17, 15) is 4.79 Å². The first-order valence-corrected chi connectivity index (χ1v) is 7.67. The van der Waals surface area contributed by atoms with Gasteiger partial charge in [-0.1, -0.05) is 12.1 Å². The number of hydrogen-bond acceptors (Lipinski definition) is 4. The zero-order valence-electron chi connectivity index (χ0n) is 12.5.